The highest BCUT2D eigenvalue weighted by molar-refractivity contribution is 9.10. The Kier molecular flexibility index (Phi) is 10.4. The minimum Gasteiger partial charge on any atom is -0.381 e. The number of guanidine groups is 1. The van der Waals surface area contributed by atoms with E-state index in [1.165, 1.54) is 5.56 Å². The summed E-state index contributed by atoms with van der Waals surface area (Å²) in [7, 11) is 0. The van der Waals surface area contributed by atoms with Gasteiger partial charge in [0.05, 0.1) is 13.2 Å². The molecule has 1 fully saturated rings. The molecule has 1 atom stereocenters. The highest BCUT2D eigenvalue weighted by Crippen LogP contribution is 2.21. The van der Waals surface area contributed by atoms with E-state index in [0.717, 1.165) is 80.8 Å². The minimum absolute atomic E-state index is 0.573. The molecule has 0 bridgehead atoms. The molecule has 0 amide bonds. The van der Waals surface area contributed by atoms with Crippen molar-refractivity contribution in [1.82, 2.24) is 10.6 Å². The number of aliphatic imine (C=N–C) groups is 1. The van der Waals surface area contributed by atoms with Crippen LogP contribution in [0.4, 0.5) is 0 Å². The number of halogens is 2. The molecule has 1 aliphatic rings. The highest BCUT2D eigenvalue weighted by atomic mass is 79.9. The second kappa shape index (κ2) is 12.5. The van der Waals surface area contributed by atoms with Crippen LogP contribution in [0, 0.1) is 5.92 Å². The maximum atomic E-state index is 6.06. The van der Waals surface area contributed by atoms with E-state index in [0.29, 0.717) is 5.92 Å². The maximum absolute atomic E-state index is 6.06. The van der Waals surface area contributed by atoms with Crippen LogP contribution in [0.25, 0.3) is 0 Å². The molecule has 1 aromatic carbocycles. The van der Waals surface area contributed by atoms with E-state index in [1.54, 1.807) is 0 Å². The van der Waals surface area contributed by atoms with E-state index in [4.69, 9.17) is 21.1 Å². The van der Waals surface area contributed by atoms with Gasteiger partial charge in [-0.2, -0.15) is 0 Å². The minimum atomic E-state index is 0.573. The number of nitrogens with one attached hydrogen (secondary N) is 2. The molecule has 0 aliphatic carbocycles. The molecule has 1 aliphatic heterocycles. The van der Waals surface area contributed by atoms with Crippen molar-refractivity contribution < 1.29 is 9.47 Å². The van der Waals surface area contributed by atoms with Crippen LogP contribution >= 0.6 is 27.5 Å². The number of hydrogen-bond donors (Lipinski definition) is 2. The Bertz CT molecular complexity index is 566. The molecule has 2 rings (SSSR count). The van der Waals surface area contributed by atoms with Gasteiger partial charge in [-0.3, -0.25) is 4.99 Å². The lowest BCUT2D eigenvalue weighted by atomic mass is 10.1. The molecular weight excluding hydrogens is 418 g/mol. The summed E-state index contributed by atoms with van der Waals surface area (Å²) in [5.74, 6) is 1.41. The summed E-state index contributed by atoms with van der Waals surface area (Å²) in [4.78, 5) is 4.61. The van der Waals surface area contributed by atoms with E-state index in [-0.39, 0.29) is 0 Å². The fraction of sp³-hybridized carbons (Fsp3) is 0.632. The van der Waals surface area contributed by atoms with E-state index in [9.17, 15) is 0 Å². The fourth-order valence-electron chi connectivity index (χ4n) is 2.71. The van der Waals surface area contributed by atoms with E-state index in [2.05, 4.69) is 38.5 Å². The third-order valence-corrected chi connectivity index (χ3v) is 5.14. The average Bonchev–Trinajstić information content (AvgIpc) is 3.14. The number of ether oxygens (including phenoxy) is 2. The summed E-state index contributed by atoms with van der Waals surface area (Å²) in [6.07, 6.45) is 2.91. The molecule has 7 heteroatoms. The molecule has 1 unspecified atom stereocenters. The van der Waals surface area contributed by atoms with Gasteiger partial charge in [0.2, 0.25) is 0 Å². The Hall–Kier alpha value is -0.820. The number of nitrogens with zero attached hydrogens (tertiary/aromatic N) is 1. The van der Waals surface area contributed by atoms with Crippen LogP contribution in [0.2, 0.25) is 5.02 Å². The summed E-state index contributed by atoms with van der Waals surface area (Å²) in [5.41, 5.74) is 1.19. The summed E-state index contributed by atoms with van der Waals surface area (Å²) in [6.45, 7) is 7.71. The molecule has 2 N–H and O–H groups in total. The predicted octanol–water partition coefficient (Wildman–Crippen LogP) is 3.64. The largest absolute Gasteiger partial charge is 0.381 e. The zero-order chi connectivity index (χ0) is 18.6. The molecule has 5 nitrogen and oxygen atoms in total. The lowest BCUT2D eigenvalue weighted by molar-refractivity contribution is 0.0893. The smallest absolute Gasteiger partial charge is 0.191 e. The molecule has 0 aromatic heterocycles. The van der Waals surface area contributed by atoms with Gasteiger partial charge in [0.15, 0.2) is 5.96 Å². The summed E-state index contributed by atoms with van der Waals surface area (Å²) in [6, 6.07) is 5.86. The third-order valence-electron chi connectivity index (χ3n) is 4.13. The van der Waals surface area contributed by atoms with Crippen LogP contribution < -0.4 is 10.6 Å². The first-order chi connectivity index (χ1) is 12.7. The van der Waals surface area contributed by atoms with Gasteiger partial charge in [0, 0.05) is 48.3 Å². The second-order valence-corrected chi connectivity index (χ2v) is 7.62. The fourth-order valence-corrected chi connectivity index (χ4v) is 3.35. The summed E-state index contributed by atoms with van der Waals surface area (Å²) < 4.78 is 12.1. The van der Waals surface area contributed by atoms with Crippen molar-refractivity contribution in [3.63, 3.8) is 0 Å². The lowest BCUT2D eigenvalue weighted by Crippen LogP contribution is -2.38. The van der Waals surface area contributed by atoms with Crippen LogP contribution in [0.3, 0.4) is 0 Å². The van der Waals surface area contributed by atoms with Crippen LogP contribution in [-0.4, -0.2) is 52.0 Å². The van der Waals surface area contributed by atoms with Crippen molar-refractivity contribution in [2.45, 2.75) is 26.2 Å². The Morgan fingerprint density at radius 3 is 3.08 bits per heavy atom. The Balaban J connectivity index is 1.64. The van der Waals surface area contributed by atoms with Crippen molar-refractivity contribution in [2.24, 2.45) is 10.9 Å². The van der Waals surface area contributed by atoms with Crippen LogP contribution in [0.1, 0.15) is 25.3 Å². The first-order valence-corrected chi connectivity index (χ1v) is 10.5. The standard InChI is InChI=1S/C19H29BrClN3O2/c1-2-22-19(23-8-3-10-25-13-15-7-11-26-14-15)24-9-6-16-12-17(21)4-5-18(16)20/h4-5,12,15H,2-3,6-11,13-14H2,1H3,(H2,22,23,24). The highest BCUT2D eigenvalue weighted by Gasteiger charge is 2.15. The normalized spacial score (nSPS) is 17.5. The monoisotopic (exact) mass is 445 g/mol. The van der Waals surface area contributed by atoms with E-state index in [1.807, 2.05) is 18.2 Å². The van der Waals surface area contributed by atoms with Crippen molar-refractivity contribution in [3.05, 3.63) is 33.3 Å². The zero-order valence-corrected chi connectivity index (χ0v) is 17.7. The number of hydrogen-bond acceptors (Lipinski definition) is 3. The van der Waals surface area contributed by atoms with Gasteiger partial charge >= 0.3 is 0 Å². The van der Waals surface area contributed by atoms with Gasteiger partial charge in [-0.25, -0.2) is 0 Å². The van der Waals surface area contributed by atoms with Gasteiger partial charge in [-0.1, -0.05) is 27.5 Å². The molecule has 0 radical (unpaired) electrons. The van der Waals surface area contributed by atoms with Crippen molar-refractivity contribution in [2.75, 3.05) is 46.1 Å². The summed E-state index contributed by atoms with van der Waals surface area (Å²) >= 11 is 9.63. The van der Waals surface area contributed by atoms with E-state index < -0.39 is 0 Å². The van der Waals surface area contributed by atoms with E-state index >= 15 is 0 Å². The zero-order valence-electron chi connectivity index (χ0n) is 15.4. The molecule has 0 saturated carbocycles. The van der Waals surface area contributed by atoms with Gasteiger partial charge < -0.3 is 20.1 Å². The van der Waals surface area contributed by atoms with Crippen LogP contribution in [0.5, 0.6) is 0 Å². The second-order valence-electron chi connectivity index (χ2n) is 6.33. The van der Waals surface area contributed by atoms with Gasteiger partial charge in [0.25, 0.3) is 0 Å². The van der Waals surface area contributed by atoms with Gasteiger partial charge in [-0.05, 0) is 49.9 Å². The predicted molar refractivity (Wildman–Crippen MR) is 111 cm³/mol. The quantitative estimate of drug-likeness (QED) is 0.327. The lowest BCUT2D eigenvalue weighted by Gasteiger charge is -2.12. The SMILES string of the molecule is CCNC(=NCCCOCC1CCOC1)NCCc1cc(Cl)ccc1Br. The first-order valence-electron chi connectivity index (χ1n) is 9.30. The van der Waals surface area contributed by atoms with Crippen LogP contribution in [0.15, 0.2) is 27.7 Å². The van der Waals surface area contributed by atoms with Gasteiger partial charge in [0.1, 0.15) is 0 Å². The molecule has 26 heavy (non-hydrogen) atoms. The number of rotatable bonds is 10. The Morgan fingerprint density at radius 1 is 1.42 bits per heavy atom. The Morgan fingerprint density at radius 2 is 2.31 bits per heavy atom. The van der Waals surface area contributed by atoms with Crippen molar-refractivity contribution >= 4 is 33.5 Å². The van der Waals surface area contributed by atoms with Gasteiger partial charge in [-0.15, -0.1) is 0 Å². The summed E-state index contributed by atoms with van der Waals surface area (Å²) in [5, 5.41) is 7.40. The van der Waals surface area contributed by atoms with Crippen LogP contribution in [-0.2, 0) is 15.9 Å². The van der Waals surface area contributed by atoms with Crippen molar-refractivity contribution in [3.8, 4) is 0 Å². The van der Waals surface area contributed by atoms with Crippen molar-refractivity contribution in [1.29, 1.82) is 0 Å². The molecule has 0 spiro atoms. The molecule has 146 valence electrons. The third kappa shape index (κ3) is 8.25. The first kappa shape index (κ1) is 21.5. The molecule has 1 heterocycles. The number of benzene rings is 1. The topological polar surface area (TPSA) is 54.9 Å². The average molecular weight is 447 g/mol. The molecular formula is C19H29BrClN3O2. The maximum Gasteiger partial charge on any atom is 0.191 e. The molecule has 1 saturated heterocycles. The Labute approximate surface area is 170 Å². The molecule has 1 aromatic rings.